The van der Waals surface area contributed by atoms with Crippen LogP contribution >= 0.6 is 0 Å². The second kappa shape index (κ2) is 3.33. The first-order valence-electron chi connectivity index (χ1n) is 2.98. The van der Waals surface area contributed by atoms with Crippen molar-refractivity contribution in [1.82, 2.24) is 0 Å². The van der Waals surface area contributed by atoms with Gasteiger partial charge >= 0.3 is 0 Å². The average molecular weight is 214 g/mol. The van der Waals surface area contributed by atoms with Crippen LogP contribution in [0, 0.1) is 0 Å². The highest BCUT2D eigenvalue weighted by atomic mass is 32.2. The van der Waals surface area contributed by atoms with E-state index in [1.807, 2.05) is 0 Å². The van der Waals surface area contributed by atoms with Gasteiger partial charge in [-0.2, -0.15) is 8.42 Å². The van der Waals surface area contributed by atoms with E-state index in [4.69, 9.17) is 0 Å². The molecule has 1 atom stereocenters. The minimum atomic E-state index is -3.10. The molecule has 1 rings (SSSR count). The predicted molar refractivity (Wildman–Crippen MR) is 37.3 cm³/mol. The van der Waals surface area contributed by atoms with Gasteiger partial charge in [0.15, 0.2) is 23.7 Å². The van der Waals surface area contributed by atoms with Crippen molar-refractivity contribution in [3.05, 3.63) is 23.6 Å². The summed E-state index contributed by atoms with van der Waals surface area (Å²) in [6.45, 7) is 0. The highest BCUT2D eigenvalue weighted by Gasteiger charge is 2.31. The molecule has 0 fully saturated rings. The van der Waals surface area contributed by atoms with E-state index in [9.17, 15) is 26.0 Å². The van der Waals surface area contributed by atoms with Crippen molar-refractivity contribution in [2.45, 2.75) is 6.17 Å². The summed E-state index contributed by atoms with van der Waals surface area (Å²) in [6.07, 6.45) is -2.65. The Morgan fingerprint density at radius 1 is 1.23 bits per heavy atom. The third-order valence-corrected chi connectivity index (χ3v) is 2.06. The summed E-state index contributed by atoms with van der Waals surface area (Å²) in [4.78, 5) is -1.16. The van der Waals surface area contributed by atoms with Gasteiger partial charge in [-0.1, -0.05) is 0 Å². The number of alkyl halides is 1. The van der Waals surface area contributed by atoms with Gasteiger partial charge in [0.25, 0.3) is 0 Å². The monoisotopic (exact) mass is 214 g/mol. The molecule has 0 aromatic carbocycles. The molecule has 1 unspecified atom stereocenters. The van der Waals surface area contributed by atoms with Gasteiger partial charge in [-0.3, -0.25) is 0 Å². The Morgan fingerprint density at radius 3 is 2.23 bits per heavy atom. The summed E-state index contributed by atoms with van der Waals surface area (Å²) in [5, 5.41) is 0. The van der Waals surface area contributed by atoms with Gasteiger partial charge in [-0.05, 0) is 6.08 Å². The fourth-order valence-electron chi connectivity index (χ4n) is 0.744. The first-order chi connectivity index (χ1) is 5.95. The van der Waals surface area contributed by atoms with E-state index in [1.165, 1.54) is 0 Å². The van der Waals surface area contributed by atoms with E-state index >= 15 is 0 Å². The van der Waals surface area contributed by atoms with Crippen LogP contribution in [0.1, 0.15) is 0 Å². The number of halogens is 4. The zero-order valence-electron chi connectivity index (χ0n) is 5.89. The molecule has 13 heavy (non-hydrogen) atoms. The minimum absolute atomic E-state index is 0.103. The fourth-order valence-corrected chi connectivity index (χ4v) is 1.22. The molecule has 0 aromatic rings. The molecule has 0 radical (unpaired) electrons. The number of hydrogen-bond acceptors (Lipinski definition) is 2. The maximum absolute atomic E-state index is 12.6. The third kappa shape index (κ3) is 1.64. The van der Waals surface area contributed by atoms with Gasteiger partial charge in [0.1, 0.15) is 4.86 Å². The van der Waals surface area contributed by atoms with Gasteiger partial charge in [-0.15, -0.1) is 0 Å². The van der Waals surface area contributed by atoms with Crippen molar-refractivity contribution >= 4 is 15.2 Å². The van der Waals surface area contributed by atoms with Crippen LogP contribution in [0.15, 0.2) is 23.6 Å². The van der Waals surface area contributed by atoms with E-state index in [0.717, 1.165) is 0 Å². The van der Waals surface area contributed by atoms with Crippen molar-refractivity contribution in [2.24, 2.45) is 0 Å². The molecule has 0 heterocycles. The average Bonchev–Trinajstić information content (AvgIpc) is 2.07. The Labute approximate surface area is 71.7 Å². The normalized spacial score (nSPS) is 23.2. The van der Waals surface area contributed by atoms with Gasteiger partial charge in [0, 0.05) is 0 Å². The van der Waals surface area contributed by atoms with Crippen molar-refractivity contribution in [3.63, 3.8) is 0 Å². The molecule has 2 nitrogen and oxygen atoms in total. The maximum atomic E-state index is 12.6. The van der Waals surface area contributed by atoms with Crippen LogP contribution < -0.4 is 0 Å². The Balaban J connectivity index is 3.40. The first-order valence-corrected chi connectivity index (χ1v) is 4.05. The molecular weight excluding hydrogens is 212 g/mol. The molecule has 0 saturated carbocycles. The third-order valence-electron chi connectivity index (χ3n) is 1.35. The highest BCUT2D eigenvalue weighted by molar-refractivity contribution is 7.73. The summed E-state index contributed by atoms with van der Waals surface area (Å²) in [5.74, 6) is -5.79. The SMILES string of the molecule is O=S(=O)=C1C=C(F)C(F)=C(F)C1F. The zero-order chi connectivity index (χ0) is 10.2. The lowest BCUT2D eigenvalue weighted by atomic mass is 10.1. The summed E-state index contributed by atoms with van der Waals surface area (Å²) in [6, 6.07) is 0. The largest absolute Gasteiger partial charge is 0.233 e. The zero-order valence-corrected chi connectivity index (χ0v) is 6.71. The standard InChI is InChI=1S/C6H2F4O2S/c7-2-1-3(13(11)12)5(9)6(10)4(2)8/h1,5H. The molecule has 7 heteroatoms. The Bertz CT molecular complexity index is 424. The van der Waals surface area contributed by atoms with Gasteiger partial charge < -0.3 is 0 Å². The summed E-state index contributed by atoms with van der Waals surface area (Å²) in [5.41, 5.74) is 0. The number of rotatable bonds is 0. The second-order valence-electron chi connectivity index (χ2n) is 2.15. The van der Waals surface area contributed by atoms with Crippen molar-refractivity contribution in [1.29, 1.82) is 0 Å². The van der Waals surface area contributed by atoms with E-state index in [0.29, 0.717) is 0 Å². The molecule has 0 spiro atoms. The molecular formula is C6H2F4O2S. The first kappa shape index (κ1) is 9.97. The van der Waals surface area contributed by atoms with Gasteiger partial charge in [0.05, 0.1) is 0 Å². The van der Waals surface area contributed by atoms with Gasteiger partial charge in [-0.25, -0.2) is 17.6 Å². The van der Waals surface area contributed by atoms with E-state index in [-0.39, 0.29) is 6.08 Å². The Kier molecular flexibility index (Phi) is 2.55. The van der Waals surface area contributed by atoms with Crippen LogP contribution in [-0.4, -0.2) is 19.5 Å². The van der Waals surface area contributed by atoms with Crippen LogP contribution in [0.2, 0.25) is 0 Å². The molecule has 0 aromatic heterocycles. The van der Waals surface area contributed by atoms with Gasteiger partial charge in [0.2, 0.25) is 10.3 Å². The summed E-state index contributed by atoms with van der Waals surface area (Å²) in [7, 11) is -3.10. The van der Waals surface area contributed by atoms with E-state index < -0.39 is 38.8 Å². The van der Waals surface area contributed by atoms with Crippen molar-refractivity contribution in [3.8, 4) is 0 Å². The number of allylic oxidation sites excluding steroid dienone is 4. The molecule has 0 saturated heterocycles. The lowest BCUT2D eigenvalue weighted by Crippen LogP contribution is -2.20. The summed E-state index contributed by atoms with van der Waals surface area (Å²) >= 11 is 0. The smallest absolute Gasteiger partial charge is 0.220 e. The molecule has 0 bridgehead atoms. The second-order valence-corrected chi connectivity index (χ2v) is 3.09. The van der Waals surface area contributed by atoms with Crippen molar-refractivity contribution < 1.29 is 26.0 Å². The number of hydrogen-bond donors (Lipinski definition) is 0. The molecule has 1 aliphatic carbocycles. The lowest BCUT2D eigenvalue weighted by Gasteiger charge is -2.09. The minimum Gasteiger partial charge on any atom is -0.233 e. The summed E-state index contributed by atoms with van der Waals surface area (Å²) < 4.78 is 69.9. The maximum Gasteiger partial charge on any atom is 0.220 e. The van der Waals surface area contributed by atoms with E-state index in [2.05, 4.69) is 0 Å². The fraction of sp³-hybridized carbons (Fsp3) is 0.167. The highest BCUT2D eigenvalue weighted by Crippen LogP contribution is 2.28. The van der Waals surface area contributed by atoms with Crippen LogP contribution in [0.3, 0.4) is 0 Å². The molecule has 1 aliphatic rings. The Morgan fingerprint density at radius 2 is 1.77 bits per heavy atom. The molecule has 72 valence electrons. The van der Waals surface area contributed by atoms with E-state index in [1.54, 1.807) is 0 Å². The lowest BCUT2D eigenvalue weighted by molar-refractivity contribution is 0.371. The van der Waals surface area contributed by atoms with Crippen LogP contribution in [0.5, 0.6) is 0 Å². The topological polar surface area (TPSA) is 34.1 Å². The molecule has 0 amide bonds. The predicted octanol–water partition coefficient (Wildman–Crippen LogP) is 1.39. The Hall–Kier alpha value is -1.11. The van der Waals surface area contributed by atoms with Crippen LogP contribution in [0.25, 0.3) is 0 Å². The van der Waals surface area contributed by atoms with Crippen molar-refractivity contribution in [2.75, 3.05) is 0 Å². The van der Waals surface area contributed by atoms with Crippen LogP contribution in [-0.2, 0) is 10.3 Å². The molecule has 0 N–H and O–H groups in total. The van der Waals surface area contributed by atoms with Crippen LogP contribution in [0.4, 0.5) is 17.6 Å². The molecule has 0 aliphatic heterocycles. The quantitative estimate of drug-likeness (QED) is 0.451.